The van der Waals surface area contributed by atoms with Gasteiger partial charge in [-0.2, -0.15) is 26.3 Å². The third-order valence-electron chi connectivity index (χ3n) is 2.35. The quantitative estimate of drug-likeness (QED) is 0.789. The third kappa shape index (κ3) is 3.45. The lowest BCUT2D eigenvalue weighted by molar-refractivity contribution is -0.277. The normalized spacial score (nSPS) is 21.0. The van der Waals surface area contributed by atoms with Gasteiger partial charge in [0.1, 0.15) is 6.04 Å². The van der Waals surface area contributed by atoms with Crippen LogP contribution in [0.2, 0.25) is 0 Å². The van der Waals surface area contributed by atoms with Crippen molar-refractivity contribution >= 4 is 23.6 Å². The van der Waals surface area contributed by atoms with E-state index in [4.69, 9.17) is 5.11 Å². The molecule has 0 bridgehead atoms. The first-order chi connectivity index (χ1) is 8.46. The first-order valence-electron chi connectivity index (χ1n) is 4.70. The summed E-state index contributed by atoms with van der Waals surface area (Å²) in [5.41, 5.74) is 0. The molecule has 0 unspecified atom stereocenters. The van der Waals surface area contributed by atoms with Gasteiger partial charge < -0.3 is 10.0 Å². The molecular formula is C8H7F6NO3S. The molecule has 0 aromatic rings. The second-order valence-corrected chi connectivity index (χ2v) is 4.68. The average molecular weight is 311 g/mol. The fraction of sp³-hybridized carbons (Fsp3) is 0.750. The number of rotatable bonds is 2. The predicted octanol–water partition coefficient (Wildman–Crippen LogP) is 1.71. The molecule has 110 valence electrons. The zero-order chi connectivity index (χ0) is 15.0. The van der Waals surface area contributed by atoms with Crippen LogP contribution >= 0.6 is 11.8 Å². The Morgan fingerprint density at radius 3 is 2.00 bits per heavy atom. The van der Waals surface area contributed by atoms with Crippen LogP contribution in [0.1, 0.15) is 0 Å². The number of hydrogen-bond donors (Lipinski definition) is 1. The lowest BCUT2D eigenvalue weighted by Crippen LogP contribution is -2.52. The molecule has 1 saturated heterocycles. The molecule has 19 heavy (non-hydrogen) atoms. The summed E-state index contributed by atoms with van der Waals surface area (Å²) in [5, 5.41) is 8.65. The van der Waals surface area contributed by atoms with Crippen molar-refractivity contribution in [1.29, 1.82) is 0 Å². The number of carbonyl (C=O) groups excluding carboxylic acids is 1. The molecular weight excluding hydrogens is 304 g/mol. The van der Waals surface area contributed by atoms with Crippen LogP contribution in [0.5, 0.6) is 0 Å². The van der Waals surface area contributed by atoms with Crippen molar-refractivity contribution < 1.29 is 41.0 Å². The number of alkyl halides is 6. The van der Waals surface area contributed by atoms with Crippen LogP contribution in [-0.2, 0) is 9.59 Å². The Kier molecular flexibility index (Phi) is 4.27. The number of thioether (sulfide) groups is 1. The van der Waals surface area contributed by atoms with Gasteiger partial charge in [0.2, 0.25) is 11.8 Å². The molecule has 11 heteroatoms. The molecule has 0 radical (unpaired) electrons. The van der Waals surface area contributed by atoms with E-state index >= 15 is 0 Å². The van der Waals surface area contributed by atoms with Crippen LogP contribution in [0, 0.1) is 5.92 Å². The molecule has 4 nitrogen and oxygen atoms in total. The van der Waals surface area contributed by atoms with Gasteiger partial charge in [0.15, 0.2) is 0 Å². The number of carbonyl (C=O) groups is 2. The number of amides is 1. The first kappa shape index (κ1) is 15.9. The fourth-order valence-electron chi connectivity index (χ4n) is 1.50. The molecule has 1 N–H and O–H groups in total. The standard InChI is InChI=1S/C8H7F6NO3S/c9-7(10,11)4(8(12,13)14)5(16)15-2-19-1-3(15)6(17)18/h3-4H,1-2H2,(H,17,18)/t3-/m0/s1. The second kappa shape index (κ2) is 5.10. The van der Waals surface area contributed by atoms with Gasteiger partial charge in [-0.05, 0) is 0 Å². The average Bonchev–Trinajstić information content (AvgIpc) is 2.59. The van der Waals surface area contributed by atoms with E-state index in [1.165, 1.54) is 0 Å². The predicted molar refractivity (Wildman–Crippen MR) is 51.2 cm³/mol. The largest absolute Gasteiger partial charge is 0.480 e. The topological polar surface area (TPSA) is 57.6 Å². The number of nitrogens with zero attached hydrogens (tertiary/aromatic N) is 1. The highest BCUT2D eigenvalue weighted by Crippen LogP contribution is 2.41. The maximum Gasteiger partial charge on any atom is 0.409 e. The third-order valence-corrected chi connectivity index (χ3v) is 3.36. The van der Waals surface area contributed by atoms with Gasteiger partial charge in [-0.15, -0.1) is 11.8 Å². The molecule has 1 aliphatic heterocycles. The number of carboxylic acid groups (broad SMARTS) is 1. The van der Waals surface area contributed by atoms with Crippen molar-refractivity contribution in [2.45, 2.75) is 18.4 Å². The minimum absolute atomic E-state index is 0.0959. The van der Waals surface area contributed by atoms with E-state index in [0.717, 1.165) is 11.8 Å². The van der Waals surface area contributed by atoms with Crippen LogP contribution in [0.15, 0.2) is 0 Å². The molecule has 0 aromatic heterocycles. The molecule has 1 rings (SSSR count). The number of hydrogen-bond acceptors (Lipinski definition) is 3. The van der Waals surface area contributed by atoms with Gasteiger partial charge in [-0.1, -0.05) is 0 Å². The first-order valence-corrected chi connectivity index (χ1v) is 5.86. The number of halogens is 6. The minimum Gasteiger partial charge on any atom is -0.480 e. The summed E-state index contributed by atoms with van der Waals surface area (Å²) in [6, 6.07) is -1.68. The summed E-state index contributed by atoms with van der Waals surface area (Å²) in [6.07, 6.45) is -11.6. The van der Waals surface area contributed by atoms with Crippen LogP contribution in [-0.4, -0.2) is 51.9 Å². The summed E-state index contributed by atoms with van der Waals surface area (Å²) in [4.78, 5) is 22.1. The molecule has 0 saturated carbocycles. The summed E-state index contributed by atoms with van der Waals surface area (Å²) < 4.78 is 74.0. The second-order valence-electron chi connectivity index (χ2n) is 3.68. The molecule has 0 aliphatic carbocycles. The van der Waals surface area contributed by atoms with Gasteiger partial charge in [-0.3, -0.25) is 4.79 Å². The van der Waals surface area contributed by atoms with Gasteiger partial charge in [0, 0.05) is 5.75 Å². The van der Waals surface area contributed by atoms with E-state index in [2.05, 4.69) is 0 Å². The smallest absolute Gasteiger partial charge is 0.409 e. The molecule has 0 aromatic carbocycles. The Labute approximate surface area is 106 Å². The van der Waals surface area contributed by atoms with Crippen molar-refractivity contribution in [1.82, 2.24) is 4.90 Å². The van der Waals surface area contributed by atoms with Crippen LogP contribution in [0.4, 0.5) is 26.3 Å². The lowest BCUT2D eigenvalue weighted by Gasteiger charge is -2.28. The number of carboxylic acids is 1. The number of aliphatic carboxylic acids is 1. The van der Waals surface area contributed by atoms with Gasteiger partial charge in [-0.25, -0.2) is 4.79 Å². The van der Waals surface area contributed by atoms with Crippen LogP contribution < -0.4 is 0 Å². The Morgan fingerprint density at radius 2 is 1.63 bits per heavy atom. The lowest BCUT2D eigenvalue weighted by atomic mass is 10.1. The van der Waals surface area contributed by atoms with E-state index in [9.17, 15) is 35.9 Å². The van der Waals surface area contributed by atoms with E-state index < -0.39 is 42.1 Å². The van der Waals surface area contributed by atoms with Crippen LogP contribution in [0.3, 0.4) is 0 Å². The monoisotopic (exact) mass is 311 g/mol. The molecule has 1 amide bonds. The zero-order valence-corrected chi connectivity index (χ0v) is 9.77. The van der Waals surface area contributed by atoms with E-state index in [0.29, 0.717) is 0 Å². The molecule has 0 spiro atoms. The summed E-state index contributed by atoms with van der Waals surface area (Å²) in [6.45, 7) is 0. The van der Waals surface area contributed by atoms with Crippen molar-refractivity contribution in [3.63, 3.8) is 0 Å². The van der Waals surface area contributed by atoms with Crippen molar-refractivity contribution in [2.75, 3.05) is 11.6 Å². The molecule has 1 heterocycles. The van der Waals surface area contributed by atoms with Crippen molar-refractivity contribution in [3.8, 4) is 0 Å². The SMILES string of the molecule is O=C(O)[C@@H]1CSCN1C(=O)C(C(F)(F)F)C(F)(F)F. The highest BCUT2D eigenvalue weighted by atomic mass is 32.2. The molecule has 1 atom stereocenters. The summed E-state index contributed by atoms with van der Waals surface area (Å²) >= 11 is 0.775. The van der Waals surface area contributed by atoms with E-state index in [1.807, 2.05) is 0 Å². The fourth-order valence-corrected chi connectivity index (χ4v) is 2.65. The van der Waals surface area contributed by atoms with E-state index in [1.54, 1.807) is 0 Å². The highest BCUT2D eigenvalue weighted by molar-refractivity contribution is 7.99. The Morgan fingerprint density at radius 1 is 1.16 bits per heavy atom. The maximum atomic E-state index is 12.3. The van der Waals surface area contributed by atoms with Crippen LogP contribution in [0.25, 0.3) is 0 Å². The Hall–Kier alpha value is -1.13. The Bertz CT molecular complexity index is 368. The maximum absolute atomic E-state index is 12.3. The van der Waals surface area contributed by atoms with Gasteiger partial charge >= 0.3 is 18.3 Å². The summed E-state index contributed by atoms with van der Waals surface area (Å²) in [5.74, 6) is -8.87. The summed E-state index contributed by atoms with van der Waals surface area (Å²) in [7, 11) is 0. The van der Waals surface area contributed by atoms with E-state index in [-0.39, 0.29) is 10.7 Å². The van der Waals surface area contributed by atoms with Gasteiger partial charge in [0.05, 0.1) is 5.88 Å². The molecule has 1 fully saturated rings. The zero-order valence-electron chi connectivity index (χ0n) is 8.96. The van der Waals surface area contributed by atoms with Crippen molar-refractivity contribution in [3.05, 3.63) is 0 Å². The highest BCUT2D eigenvalue weighted by Gasteiger charge is 2.63. The van der Waals surface area contributed by atoms with Gasteiger partial charge in [0.25, 0.3) is 0 Å². The minimum atomic E-state index is -5.81. The molecule has 1 aliphatic rings. The Balaban J connectivity index is 3.04. The van der Waals surface area contributed by atoms with Crippen molar-refractivity contribution in [2.24, 2.45) is 5.92 Å².